The van der Waals surface area contributed by atoms with Crippen molar-refractivity contribution in [2.24, 2.45) is 0 Å². The number of ether oxygens (including phenoxy) is 3. The van der Waals surface area contributed by atoms with Gasteiger partial charge >= 0.3 is 17.9 Å². The number of rotatable bonds is 45. The van der Waals surface area contributed by atoms with Crippen LogP contribution in [0.4, 0.5) is 0 Å². The molecule has 0 fully saturated rings. The highest BCUT2D eigenvalue weighted by Crippen LogP contribution is 2.14. The summed E-state index contributed by atoms with van der Waals surface area (Å²) in [5.74, 6) is -0.896. The van der Waals surface area contributed by atoms with Gasteiger partial charge in [-0.3, -0.25) is 14.4 Å². The number of hydrogen-bond donors (Lipinski definition) is 0. The summed E-state index contributed by atoms with van der Waals surface area (Å²) >= 11 is 0. The zero-order chi connectivity index (χ0) is 43.7. The zero-order valence-electron chi connectivity index (χ0n) is 39.5. The summed E-state index contributed by atoms with van der Waals surface area (Å²) in [6.07, 6.45) is 59.2. The predicted octanol–water partition coefficient (Wildman–Crippen LogP) is 16.5. The van der Waals surface area contributed by atoms with Crippen molar-refractivity contribution in [3.63, 3.8) is 0 Å². The number of carbonyl (C=O) groups excluding carboxylic acids is 3. The Morgan fingerprint density at radius 2 is 0.667 bits per heavy atom. The van der Waals surface area contributed by atoms with E-state index in [4.69, 9.17) is 14.2 Å². The third-order valence-electron chi connectivity index (χ3n) is 10.8. The van der Waals surface area contributed by atoms with E-state index in [9.17, 15) is 14.4 Å². The molecule has 0 aromatic heterocycles. The van der Waals surface area contributed by atoms with Crippen LogP contribution >= 0.6 is 0 Å². The molecular formula is C54H94O6. The number of carbonyl (C=O) groups is 3. The van der Waals surface area contributed by atoms with Crippen LogP contribution in [-0.2, 0) is 28.6 Å². The van der Waals surface area contributed by atoms with Gasteiger partial charge in [0.15, 0.2) is 6.10 Å². The smallest absolute Gasteiger partial charge is 0.306 e. The highest BCUT2D eigenvalue weighted by molar-refractivity contribution is 5.71. The van der Waals surface area contributed by atoms with E-state index in [1.165, 1.54) is 103 Å². The third kappa shape index (κ3) is 46.2. The molecule has 6 heteroatoms. The van der Waals surface area contributed by atoms with E-state index >= 15 is 0 Å². The Morgan fingerprint density at radius 3 is 1.08 bits per heavy atom. The van der Waals surface area contributed by atoms with Crippen molar-refractivity contribution in [3.05, 3.63) is 60.8 Å². The number of allylic oxidation sites excluding steroid dienone is 10. The van der Waals surface area contributed by atoms with Gasteiger partial charge in [-0.05, 0) is 77.0 Å². The average Bonchev–Trinajstić information content (AvgIpc) is 3.24. The summed E-state index contributed by atoms with van der Waals surface area (Å²) in [4.78, 5) is 37.8. The van der Waals surface area contributed by atoms with Crippen LogP contribution in [0.1, 0.15) is 245 Å². The highest BCUT2D eigenvalue weighted by atomic mass is 16.6. The molecule has 0 heterocycles. The second-order valence-corrected chi connectivity index (χ2v) is 16.7. The largest absolute Gasteiger partial charge is 0.462 e. The van der Waals surface area contributed by atoms with Crippen molar-refractivity contribution >= 4 is 17.9 Å². The van der Waals surface area contributed by atoms with Crippen LogP contribution in [0.2, 0.25) is 0 Å². The molecule has 60 heavy (non-hydrogen) atoms. The number of unbranched alkanes of at least 4 members (excludes halogenated alkanes) is 24. The molecule has 0 spiro atoms. The van der Waals surface area contributed by atoms with Crippen molar-refractivity contribution in [3.8, 4) is 0 Å². The van der Waals surface area contributed by atoms with E-state index in [0.29, 0.717) is 19.3 Å². The fraction of sp³-hybridized carbons (Fsp3) is 0.759. The Bertz CT molecular complexity index is 1100. The van der Waals surface area contributed by atoms with Gasteiger partial charge in [0, 0.05) is 19.3 Å². The van der Waals surface area contributed by atoms with Gasteiger partial charge in [0.1, 0.15) is 13.2 Å². The fourth-order valence-electron chi connectivity index (χ4n) is 6.94. The maximum atomic E-state index is 12.7. The maximum Gasteiger partial charge on any atom is 0.306 e. The topological polar surface area (TPSA) is 78.9 Å². The van der Waals surface area contributed by atoms with Gasteiger partial charge in [0.2, 0.25) is 0 Å². The lowest BCUT2D eigenvalue weighted by Gasteiger charge is -2.18. The second kappa shape index (κ2) is 48.8. The van der Waals surface area contributed by atoms with Gasteiger partial charge in [-0.2, -0.15) is 0 Å². The predicted molar refractivity (Wildman–Crippen MR) is 256 cm³/mol. The molecular weight excluding hydrogens is 745 g/mol. The molecule has 0 aromatic rings. The minimum absolute atomic E-state index is 0.0785. The normalized spacial score (nSPS) is 12.5. The summed E-state index contributed by atoms with van der Waals surface area (Å²) < 4.78 is 16.7. The molecule has 0 amide bonds. The van der Waals surface area contributed by atoms with E-state index < -0.39 is 6.10 Å². The van der Waals surface area contributed by atoms with Gasteiger partial charge in [0.25, 0.3) is 0 Å². The van der Waals surface area contributed by atoms with Gasteiger partial charge in [0.05, 0.1) is 0 Å². The van der Waals surface area contributed by atoms with E-state index in [-0.39, 0.29) is 31.1 Å². The molecule has 0 aliphatic heterocycles. The Kier molecular flexibility index (Phi) is 46.4. The van der Waals surface area contributed by atoms with Crippen LogP contribution < -0.4 is 0 Å². The Morgan fingerprint density at radius 1 is 0.350 bits per heavy atom. The minimum atomic E-state index is -0.777. The number of hydrogen-bond acceptors (Lipinski definition) is 6. The van der Waals surface area contributed by atoms with Gasteiger partial charge < -0.3 is 14.2 Å². The van der Waals surface area contributed by atoms with Crippen LogP contribution in [-0.4, -0.2) is 37.2 Å². The van der Waals surface area contributed by atoms with Crippen LogP contribution in [0.5, 0.6) is 0 Å². The van der Waals surface area contributed by atoms with Gasteiger partial charge in [-0.25, -0.2) is 0 Å². The monoisotopic (exact) mass is 839 g/mol. The summed E-state index contributed by atoms with van der Waals surface area (Å²) in [6.45, 7) is 6.46. The van der Waals surface area contributed by atoms with Crippen LogP contribution in [0, 0.1) is 0 Å². The summed E-state index contributed by atoms with van der Waals surface area (Å²) in [5, 5.41) is 0. The molecule has 0 bridgehead atoms. The standard InChI is InChI=1S/C54H94O6/c1-4-7-10-13-16-19-22-23-24-25-26-27-28-29-30-31-33-35-38-41-44-47-53(56)59-50-51(49-58-52(55)46-43-40-37-34-21-18-15-12-9-6-3)60-54(57)48-45-42-39-36-32-20-17-14-11-8-5-2/h7,10,14,16-17,19,23-24,26-27,51H,4-6,8-9,11-13,15,18,20-22,25,28-50H2,1-3H3/b10-7-,17-14-,19-16-,24-23-,27-26-. The van der Waals surface area contributed by atoms with Crippen molar-refractivity contribution < 1.29 is 28.6 Å². The van der Waals surface area contributed by atoms with Crippen molar-refractivity contribution in [1.82, 2.24) is 0 Å². The van der Waals surface area contributed by atoms with E-state index in [2.05, 4.69) is 81.5 Å². The Balaban J connectivity index is 4.29. The average molecular weight is 839 g/mol. The first-order valence-electron chi connectivity index (χ1n) is 25.3. The lowest BCUT2D eigenvalue weighted by atomic mass is 10.1. The highest BCUT2D eigenvalue weighted by Gasteiger charge is 2.19. The second-order valence-electron chi connectivity index (χ2n) is 16.7. The quantitative estimate of drug-likeness (QED) is 0.0263. The van der Waals surface area contributed by atoms with E-state index in [1.54, 1.807) is 0 Å². The first kappa shape index (κ1) is 57.1. The van der Waals surface area contributed by atoms with Gasteiger partial charge in [-0.15, -0.1) is 0 Å². The molecule has 0 aromatic carbocycles. The molecule has 0 saturated carbocycles. The molecule has 0 aliphatic carbocycles. The molecule has 0 rings (SSSR count). The van der Waals surface area contributed by atoms with Crippen LogP contribution in [0.15, 0.2) is 60.8 Å². The van der Waals surface area contributed by atoms with Crippen molar-refractivity contribution in [2.45, 2.75) is 252 Å². The molecule has 0 saturated heterocycles. The lowest BCUT2D eigenvalue weighted by Crippen LogP contribution is -2.30. The van der Waals surface area contributed by atoms with Crippen LogP contribution in [0.3, 0.4) is 0 Å². The minimum Gasteiger partial charge on any atom is -0.462 e. The van der Waals surface area contributed by atoms with Gasteiger partial charge in [-0.1, -0.05) is 210 Å². The Hall–Kier alpha value is -2.89. The van der Waals surface area contributed by atoms with E-state index in [1.807, 2.05) is 0 Å². The fourth-order valence-corrected chi connectivity index (χ4v) is 6.94. The molecule has 0 N–H and O–H groups in total. The summed E-state index contributed by atoms with van der Waals surface area (Å²) in [7, 11) is 0. The first-order chi connectivity index (χ1) is 29.5. The molecule has 0 radical (unpaired) electrons. The first-order valence-corrected chi connectivity index (χ1v) is 25.3. The lowest BCUT2D eigenvalue weighted by molar-refractivity contribution is -0.167. The summed E-state index contributed by atoms with van der Waals surface area (Å²) in [6, 6.07) is 0. The molecule has 6 nitrogen and oxygen atoms in total. The summed E-state index contributed by atoms with van der Waals surface area (Å²) in [5.41, 5.74) is 0. The van der Waals surface area contributed by atoms with Crippen molar-refractivity contribution in [2.75, 3.05) is 13.2 Å². The maximum absolute atomic E-state index is 12.7. The molecule has 1 atom stereocenters. The molecule has 1 unspecified atom stereocenters. The molecule has 346 valence electrons. The zero-order valence-corrected chi connectivity index (χ0v) is 39.5. The van der Waals surface area contributed by atoms with Crippen molar-refractivity contribution in [1.29, 1.82) is 0 Å². The van der Waals surface area contributed by atoms with Crippen LogP contribution in [0.25, 0.3) is 0 Å². The SMILES string of the molecule is CC/C=C\C/C=C\C/C=C\C/C=C\CCCCCCCCCCC(=O)OCC(COC(=O)CCCCCCCCCCCC)OC(=O)CCCCCCC/C=C\CCCC. The number of esters is 3. The third-order valence-corrected chi connectivity index (χ3v) is 10.8. The van der Waals surface area contributed by atoms with E-state index in [0.717, 1.165) is 103 Å². The molecule has 0 aliphatic rings. The Labute approximate surface area is 370 Å².